The van der Waals surface area contributed by atoms with Crippen LogP contribution in [0.15, 0.2) is 28.9 Å². The summed E-state index contributed by atoms with van der Waals surface area (Å²) < 4.78 is 0. The predicted molar refractivity (Wildman–Crippen MR) is 51.8 cm³/mol. The Balaban J connectivity index is 4.13. The van der Waals surface area contributed by atoms with Crippen molar-refractivity contribution in [1.29, 1.82) is 5.26 Å². The first-order valence-electron chi connectivity index (χ1n) is 3.92. The van der Waals surface area contributed by atoms with E-state index in [4.69, 9.17) is 5.26 Å². The number of allylic oxidation sites excluding steroid dienone is 4. The Bertz CT molecular complexity index is 229. The molecule has 0 bridgehead atoms. The third kappa shape index (κ3) is 4.45. The number of hydrogen-bond donors (Lipinski definition) is 0. The first kappa shape index (κ1) is 10.6. The minimum atomic E-state index is 0.384. The molecule has 0 heterocycles. The van der Waals surface area contributed by atoms with Crippen LogP contribution in [0.5, 0.6) is 0 Å². The lowest BCUT2D eigenvalue weighted by atomic mass is 10.1. The van der Waals surface area contributed by atoms with Crippen LogP contribution in [-0.4, -0.2) is 6.72 Å². The molecule has 0 saturated carbocycles. The van der Waals surface area contributed by atoms with Crippen LogP contribution in [0.1, 0.15) is 20.3 Å². The highest BCUT2D eigenvalue weighted by Crippen LogP contribution is 2.09. The van der Waals surface area contributed by atoms with Crippen molar-refractivity contribution in [2.75, 3.05) is 0 Å². The van der Waals surface area contributed by atoms with Crippen LogP contribution in [0.25, 0.3) is 0 Å². The zero-order valence-corrected chi connectivity index (χ0v) is 7.62. The summed E-state index contributed by atoms with van der Waals surface area (Å²) in [7, 11) is 0. The maximum Gasteiger partial charge on any atom is 0.0663 e. The summed E-state index contributed by atoms with van der Waals surface area (Å²) in [5.74, 6) is 0.384. The van der Waals surface area contributed by atoms with Crippen molar-refractivity contribution in [3.63, 3.8) is 0 Å². The molecule has 0 fully saturated rings. The molecule has 0 atom stereocenters. The standard InChI is InChI=1S/C10H14N2/c1-9(2)10(12-3)7-5-4-6-8-11/h4-5,7,9H,3,6H2,1-2H3/b5-4-,10-7-. The second-order valence-electron chi connectivity index (χ2n) is 2.69. The molecular weight excluding hydrogens is 148 g/mol. The molecule has 0 unspecified atom stereocenters. The minimum absolute atomic E-state index is 0.384. The van der Waals surface area contributed by atoms with Gasteiger partial charge in [0.1, 0.15) is 0 Å². The summed E-state index contributed by atoms with van der Waals surface area (Å²) >= 11 is 0. The molecule has 0 amide bonds. The van der Waals surface area contributed by atoms with E-state index in [0.29, 0.717) is 12.3 Å². The van der Waals surface area contributed by atoms with Gasteiger partial charge < -0.3 is 0 Å². The van der Waals surface area contributed by atoms with Gasteiger partial charge in [-0.3, -0.25) is 4.99 Å². The molecule has 2 nitrogen and oxygen atoms in total. The van der Waals surface area contributed by atoms with E-state index in [1.165, 1.54) is 0 Å². The number of aliphatic imine (C=N–C) groups is 1. The Hall–Kier alpha value is -1.36. The maximum absolute atomic E-state index is 8.24. The molecule has 0 aliphatic heterocycles. The van der Waals surface area contributed by atoms with Gasteiger partial charge in [-0.1, -0.05) is 26.0 Å². The lowest BCUT2D eigenvalue weighted by Gasteiger charge is -2.01. The van der Waals surface area contributed by atoms with Crippen molar-refractivity contribution in [3.05, 3.63) is 23.9 Å². The first-order valence-corrected chi connectivity index (χ1v) is 3.92. The van der Waals surface area contributed by atoms with Gasteiger partial charge >= 0.3 is 0 Å². The van der Waals surface area contributed by atoms with E-state index in [0.717, 1.165) is 5.70 Å². The van der Waals surface area contributed by atoms with Crippen LogP contribution in [0.4, 0.5) is 0 Å². The van der Waals surface area contributed by atoms with Gasteiger partial charge in [-0.2, -0.15) is 5.26 Å². The molecule has 64 valence electrons. The third-order valence-corrected chi connectivity index (χ3v) is 1.39. The van der Waals surface area contributed by atoms with E-state index < -0.39 is 0 Å². The Morgan fingerprint density at radius 1 is 1.67 bits per heavy atom. The van der Waals surface area contributed by atoms with Gasteiger partial charge in [0.2, 0.25) is 0 Å². The van der Waals surface area contributed by atoms with Crippen LogP contribution in [0, 0.1) is 17.2 Å². The molecular formula is C10H14N2. The van der Waals surface area contributed by atoms with Gasteiger partial charge in [0.15, 0.2) is 0 Å². The minimum Gasteiger partial charge on any atom is -0.269 e. The third-order valence-electron chi connectivity index (χ3n) is 1.39. The Kier molecular flexibility index (Phi) is 5.64. The SMILES string of the molecule is C=N/C(=C\C=C/CC#N)C(C)C. The quantitative estimate of drug-likeness (QED) is 0.462. The highest BCUT2D eigenvalue weighted by atomic mass is 14.7. The van der Waals surface area contributed by atoms with Gasteiger partial charge in [0.05, 0.1) is 12.5 Å². The summed E-state index contributed by atoms with van der Waals surface area (Å²) in [5.41, 5.74) is 0.948. The summed E-state index contributed by atoms with van der Waals surface area (Å²) in [5, 5.41) is 8.24. The number of rotatable bonds is 4. The number of hydrogen-bond acceptors (Lipinski definition) is 2. The monoisotopic (exact) mass is 162 g/mol. The second kappa shape index (κ2) is 6.36. The number of nitrogens with zero attached hydrogens (tertiary/aromatic N) is 2. The zero-order valence-electron chi connectivity index (χ0n) is 7.62. The van der Waals surface area contributed by atoms with Gasteiger partial charge in [-0.05, 0) is 18.7 Å². The van der Waals surface area contributed by atoms with E-state index in [1.54, 1.807) is 6.08 Å². The molecule has 0 aromatic carbocycles. The van der Waals surface area contributed by atoms with Gasteiger partial charge in [0, 0.05) is 5.70 Å². The Labute approximate surface area is 73.9 Å². The molecule has 0 aromatic rings. The molecule has 0 rings (SSSR count). The maximum atomic E-state index is 8.24. The average Bonchev–Trinajstić information content (AvgIpc) is 2.04. The largest absolute Gasteiger partial charge is 0.269 e. The molecule has 2 heteroatoms. The van der Waals surface area contributed by atoms with Gasteiger partial charge in [-0.25, -0.2) is 0 Å². The highest BCUT2D eigenvalue weighted by Gasteiger charge is 1.96. The van der Waals surface area contributed by atoms with Crippen molar-refractivity contribution in [1.82, 2.24) is 0 Å². The van der Waals surface area contributed by atoms with E-state index in [-0.39, 0.29) is 0 Å². The van der Waals surface area contributed by atoms with E-state index in [9.17, 15) is 0 Å². The summed E-state index contributed by atoms with van der Waals surface area (Å²) in [6.45, 7) is 7.57. The number of nitriles is 1. The molecule has 0 aliphatic carbocycles. The molecule has 0 radical (unpaired) electrons. The summed E-state index contributed by atoms with van der Waals surface area (Å²) in [6, 6.07) is 2.03. The Morgan fingerprint density at radius 2 is 2.33 bits per heavy atom. The first-order chi connectivity index (χ1) is 5.72. The van der Waals surface area contributed by atoms with Gasteiger partial charge in [-0.15, -0.1) is 0 Å². The smallest absolute Gasteiger partial charge is 0.0663 e. The fourth-order valence-electron chi connectivity index (χ4n) is 0.715. The normalized spacial score (nSPS) is 12.0. The zero-order chi connectivity index (χ0) is 9.40. The average molecular weight is 162 g/mol. The fraction of sp³-hybridized carbons (Fsp3) is 0.400. The van der Waals surface area contributed by atoms with E-state index >= 15 is 0 Å². The Morgan fingerprint density at radius 3 is 2.75 bits per heavy atom. The van der Waals surface area contributed by atoms with Crippen LogP contribution in [-0.2, 0) is 0 Å². The van der Waals surface area contributed by atoms with Crippen LogP contribution >= 0.6 is 0 Å². The lowest BCUT2D eigenvalue weighted by Crippen LogP contribution is -1.88. The van der Waals surface area contributed by atoms with Gasteiger partial charge in [0.25, 0.3) is 0 Å². The highest BCUT2D eigenvalue weighted by molar-refractivity contribution is 5.30. The molecule has 0 saturated heterocycles. The van der Waals surface area contributed by atoms with Crippen LogP contribution < -0.4 is 0 Å². The van der Waals surface area contributed by atoms with Crippen LogP contribution in [0.3, 0.4) is 0 Å². The second-order valence-corrected chi connectivity index (χ2v) is 2.69. The van der Waals surface area contributed by atoms with Crippen molar-refractivity contribution in [3.8, 4) is 6.07 Å². The van der Waals surface area contributed by atoms with E-state index in [1.807, 2.05) is 18.2 Å². The molecule has 0 spiro atoms. The summed E-state index contributed by atoms with van der Waals surface area (Å²) in [6.07, 6.45) is 5.97. The predicted octanol–water partition coefficient (Wildman–Crippen LogP) is 2.70. The molecule has 0 N–H and O–H groups in total. The lowest BCUT2D eigenvalue weighted by molar-refractivity contribution is 0.760. The fourth-order valence-corrected chi connectivity index (χ4v) is 0.715. The van der Waals surface area contributed by atoms with Crippen LogP contribution in [0.2, 0.25) is 0 Å². The van der Waals surface area contributed by atoms with Crippen molar-refractivity contribution >= 4 is 6.72 Å². The molecule has 0 aliphatic rings. The van der Waals surface area contributed by atoms with E-state index in [2.05, 4.69) is 25.6 Å². The van der Waals surface area contributed by atoms with Crippen molar-refractivity contribution in [2.45, 2.75) is 20.3 Å². The molecule has 12 heavy (non-hydrogen) atoms. The molecule has 0 aromatic heterocycles. The van der Waals surface area contributed by atoms with Crippen molar-refractivity contribution < 1.29 is 0 Å². The summed E-state index contributed by atoms with van der Waals surface area (Å²) in [4.78, 5) is 3.86. The topological polar surface area (TPSA) is 36.1 Å². The van der Waals surface area contributed by atoms with Crippen molar-refractivity contribution in [2.24, 2.45) is 10.9 Å².